The Labute approximate surface area is 206 Å². The lowest BCUT2D eigenvalue weighted by atomic mass is 10.0. The van der Waals surface area contributed by atoms with Gasteiger partial charge in [0, 0.05) is 61.5 Å². The predicted octanol–water partition coefficient (Wildman–Crippen LogP) is 4.42. The van der Waals surface area contributed by atoms with E-state index in [9.17, 15) is 9.18 Å². The van der Waals surface area contributed by atoms with Crippen LogP contribution in [-0.2, 0) is 13.6 Å². The molecule has 0 aliphatic carbocycles. The number of nitrogens with zero attached hydrogens (tertiary/aromatic N) is 3. The van der Waals surface area contributed by atoms with Crippen LogP contribution in [0.4, 0.5) is 10.1 Å². The Kier molecular flexibility index (Phi) is 6.16. The number of aryl methyl sites for hydroxylation is 1. The third kappa shape index (κ3) is 4.52. The highest BCUT2D eigenvalue weighted by Crippen LogP contribution is 2.43. The second-order valence-electron chi connectivity index (χ2n) is 8.20. The molecule has 5 rings (SSSR count). The maximum Gasteiger partial charge on any atom is 0.269 e. The van der Waals surface area contributed by atoms with Gasteiger partial charge in [-0.1, -0.05) is 0 Å². The van der Waals surface area contributed by atoms with Crippen LogP contribution in [-0.4, -0.2) is 34.5 Å². The summed E-state index contributed by atoms with van der Waals surface area (Å²) in [6, 6.07) is 11.5. The molecule has 4 aromatic rings. The van der Waals surface area contributed by atoms with Gasteiger partial charge in [-0.05, 0) is 42.8 Å². The van der Waals surface area contributed by atoms with Crippen LogP contribution in [0, 0.1) is 12.7 Å². The highest BCUT2D eigenvalue weighted by Gasteiger charge is 2.22. The SMILES string of the molecule is CNC(=O)c1cc(Oc2ccc(NCc3cc4c(c(-c5cnn(C)c5C)c3)OCO4)cc2F)ccn1. The van der Waals surface area contributed by atoms with Crippen LogP contribution < -0.4 is 24.8 Å². The Morgan fingerprint density at radius 3 is 2.78 bits per heavy atom. The van der Waals surface area contributed by atoms with Crippen molar-refractivity contribution < 1.29 is 23.4 Å². The highest BCUT2D eigenvalue weighted by molar-refractivity contribution is 5.92. The zero-order chi connectivity index (χ0) is 25.2. The van der Waals surface area contributed by atoms with Crippen LogP contribution in [0.15, 0.2) is 54.9 Å². The van der Waals surface area contributed by atoms with Crippen molar-refractivity contribution in [3.8, 4) is 34.1 Å². The molecule has 2 aromatic carbocycles. The first-order chi connectivity index (χ1) is 17.4. The molecule has 1 aliphatic rings. The van der Waals surface area contributed by atoms with Crippen LogP contribution in [0.25, 0.3) is 11.1 Å². The van der Waals surface area contributed by atoms with E-state index in [1.165, 1.54) is 31.4 Å². The smallest absolute Gasteiger partial charge is 0.269 e. The average Bonchev–Trinajstić information content (AvgIpc) is 3.50. The molecular formula is C26H24FN5O4. The molecule has 0 radical (unpaired) electrons. The number of benzene rings is 2. The molecule has 184 valence electrons. The van der Waals surface area contributed by atoms with Crippen LogP contribution >= 0.6 is 0 Å². The summed E-state index contributed by atoms with van der Waals surface area (Å²) >= 11 is 0. The Bertz CT molecular complexity index is 1450. The van der Waals surface area contributed by atoms with Crippen molar-refractivity contribution in [1.82, 2.24) is 20.1 Å². The molecule has 0 saturated carbocycles. The zero-order valence-corrected chi connectivity index (χ0v) is 20.0. The molecule has 9 nitrogen and oxygen atoms in total. The van der Waals surface area contributed by atoms with Gasteiger partial charge in [0.05, 0.1) is 6.20 Å². The molecular weight excluding hydrogens is 465 g/mol. The van der Waals surface area contributed by atoms with Crippen molar-refractivity contribution in [2.24, 2.45) is 7.05 Å². The van der Waals surface area contributed by atoms with Gasteiger partial charge in [0.1, 0.15) is 11.4 Å². The lowest BCUT2D eigenvalue weighted by molar-refractivity contribution is 0.0958. The van der Waals surface area contributed by atoms with E-state index in [0.717, 1.165) is 22.4 Å². The van der Waals surface area contributed by atoms with Gasteiger partial charge in [0.25, 0.3) is 5.91 Å². The van der Waals surface area contributed by atoms with Gasteiger partial charge in [-0.3, -0.25) is 14.5 Å². The number of carbonyl (C=O) groups excluding carboxylic acids is 1. The van der Waals surface area contributed by atoms with Crippen molar-refractivity contribution in [1.29, 1.82) is 0 Å². The van der Waals surface area contributed by atoms with Gasteiger partial charge in [-0.25, -0.2) is 4.39 Å². The third-order valence-electron chi connectivity index (χ3n) is 5.91. The molecule has 3 heterocycles. The lowest BCUT2D eigenvalue weighted by Crippen LogP contribution is -2.18. The molecule has 10 heteroatoms. The number of rotatable bonds is 7. The molecule has 2 aromatic heterocycles. The topological polar surface area (TPSA) is 99.5 Å². The largest absolute Gasteiger partial charge is 0.454 e. The summed E-state index contributed by atoms with van der Waals surface area (Å²) in [6.07, 6.45) is 3.23. The van der Waals surface area contributed by atoms with Crippen molar-refractivity contribution in [3.05, 3.63) is 77.6 Å². The Balaban J connectivity index is 1.32. The standard InChI is InChI=1S/C26H24FN5O4/c1-15-20(13-31-32(15)3)19-8-16(9-24-25(19)35-14-34-24)12-30-17-4-5-23(21(27)10-17)36-18-6-7-29-22(11-18)26(33)28-2/h4-11,13,30H,12,14H2,1-3H3,(H,28,33). The van der Waals surface area contributed by atoms with Crippen LogP contribution in [0.5, 0.6) is 23.0 Å². The van der Waals surface area contributed by atoms with Crippen molar-refractivity contribution in [2.75, 3.05) is 19.2 Å². The summed E-state index contributed by atoms with van der Waals surface area (Å²) in [6.45, 7) is 2.59. The number of ether oxygens (including phenoxy) is 3. The van der Waals surface area contributed by atoms with E-state index in [-0.39, 0.29) is 24.1 Å². The molecule has 36 heavy (non-hydrogen) atoms. The van der Waals surface area contributed by atoms with E-state index in [1.807, 2.05) is 26.1 Å². The molecule has 1 amide bonds. The first-order valence-corrected chi connectivity index (χ1v) is 11.2. The third-order valence-corrected chi connectivity index (χ3v) is 5.91. The Morgan fingerprint density at radius 2 is 2.03 bits per heavy atom. The minimum absolute atomic E-state index is 0.0343. The molecule has 2 N–H and O–H groups in total. The van der Waals surface area contributed by atoms with Gasteiger partial charge >= 0.3 is 0 Å². The van der Waals surface area contributed by atoms with E-state index in [4.69, 9.17) is 14.2 Å². The minimum Gasteiger partial charge on any atom is -0.454 e. The van der Waals surface area contributed by atoms with Gasteiger partial charge in [0.2, 0.25) is 6.79 Å². The molecule has 0 fully saturated rings. The quantitative estimate of drug-likeness (QED) is 0.396. The summed E-state index contributed by atoms with van der Waals surface area (Å²) in [5, 5.41) is 10.1. The number of amides is 1. The number of hydrogen-bond acceptors (Lipinski definition) is 7. The van der Waals surface area contributed by atoms with E-state index in [2.05, 4.69) is 20.7 Å². The van der Waals surface area contributed by atoms with Gasteiger partial charge in [0.15, 0.2) is 23.1 Å². The maximum absolute atomic E-state index is 14.8. The fourth-order valence-electron chi connectivity index (χ4n) is 3.88. The van der Waals surface area contributed by atoms with Crippen LogP contribution in [0.3, 0.4) is 0 Å². The van der Waals surface area contributed by atoms with Gasteiger partial charge < -0.3 is 24.8 Å². The number of carbonyl (C=O) groups is 1. The predicted molar refractivity (Wildman–Crippen MR) is 131 cm³/mol. The first kappa shape index (κ1) is 23.2. The second kappa shape index (κ2) is 9.57. The van der Waals surface area contributed by atoms with Crippen molar-refractivity contribution in [2.45, 2.75) is 13.5 Å². The first-order valence-electron chi connectivity index (χ1n) is 11.2. The monoisotopic (exact) mass is 489 g/mol. The number of nitrogens with one attached hydrogen (secondary N) is 2. The maximum atomic E-state index is 14.8. The molecule has 0 bridgehead atoms. The summed E-state index contributed by atoms with van der Waals surface area (Å²) in [4.78, 5) is 15.7. The Morgan fingerprint density at radius 1 is 1.17 bits per heavy atom. The number of hydrogen-bond donors (Lipinski definition) is 2. The van der Waals surface area contributed by atoms with Crippen LogP contribution in [0.2, 0.25) is 0 Å². The summed E-state index contributed by atoms with van der Waals surface area (Å²) < 4.78 is 33.6. The van der Waals surface area contributed by atoms with Crippen molar-refractivity contribution >= 4 is 11.6 Å². The van der Waals surface area contributed by atoms with E-state index in [0.29, 0.717) is 29.5 Å². The van der Waals surface area contributed by atoms with E-state index in [1.54, 1.807) is 23.0 Å². The van der Waals surface area contributed by atoms with E-state index >= 15 is 0 Å². The number of aromatic nitrogens is 3. The number of halogens is 1. The molecule has 0 saturated heterocycles. The fraction of sp³-hybridized carbons (Fsp3) is 0.192. The summed E-state index contributed by atoms with van der Waals surface area (Å²) in [5.41, 5.74) is 4.57. The zero-order valence-electron chi connectivity index (χ0n) is 20.0. The summed E-state index contributed by atoms with van der Waals surface area (Å²) in [7, 11) is 3.40. The number of fused-ring (bicyclic) bond motifs is 1. The lowest BCUT2D eigenvalue weighted by Gasteiger charge is -2.12. The molecule has 1 aliphatic heterocycles. The molecule has 0 spiro atoms. The highest BCUT2D eigenvalue weighted by atomic mass is 19.1. The van der Waals surface area contributed by atoms with Gasteiger partial charge in [-0.15, -0.1) is 0 Å². The molecule has 0 unspecified atom stereocenters. The number of pyridine rings is 1. The summed E-state index contributed by atoms with van der Waals surface area (Å²) in [5.74, 6) is 0.796. The van der Waals surface area contributed by atoms with Crippen molar-refractivity contribution in [3.63, 3.8) is 0 Å². The normalized spacial score (nSPS) is 11.9. The Hall–Kier alpha value is -4.60. The number of anilines is 1. The van der Waals surface area contributed by atoms with Gasteiger partial charge in [-0.2, -0.15) is 5.10 Å². The van der Waals surface area contributed by atoms with E-state index < -0.39 is 5.82 Å². The van der Waals surface area contributed by atoms with Crippen LogP contribution in [0.1, 0.15) is 21.7 Å². The second-order valence-corrected chi connectivity index (χ2v) is 8.20. The fourth-order valence-corrected chi connectivity index (χ4v) is 3.88. The average molecular weight is 490 g/mol. The molecule has 0 atom stereocenters. The minimum atomic E-state index is -0.546.